The van der Waals surface area contributed by atoms with Gasteiger partial charge in [-0.05, 0) is 36.4 Å². The molecule has 0 amide bonds. The van der Waals surface area contributed by atoms with E-state index in [1.54, 1.807) is 9.36 Å². The van der Waals surface area contributed by atoms with Crippen molar-refractivity contribution in [2.24, 2.45) is 0 Å². The van der Waals surface area contributed by atoms with Crippen molar-refractivity contribution in [2.45, 2.75) is 10.7 Å². The summed E-state index contributed by atoms with van der Waals surface area (Å²) in [4.78, 5) is 9.41. The molecule has 4 aromatic heterocycles. The van der Waals surface area contributed by atoms with E-state index in [1.165, 1.54) is 0 Å². The molecule has 8 heteroatoms. The molecule has 0 saturated carbocycles. The van der Waals surface area contributed by atoms with Crippen LogP contribution < -0.4 is 0 Å². The zero-order chi connectivity index (χ0) is 17.9. The first-order chi connectivity index (χ1) is 12.8. The molecule has 4 aromatic rings. The molecule has 0 fully saturated rings. The molecule has 0 aliphatic carbocycles. The van der Waals surface area contributed by atoms with Gasteiger partial charge in [-0.1, -0.05) is 44.0 Å². The maximum absolute atomic E-state index is 4.70. The smallest absolute Gasteiger partial charge is 0.154 e. The van der Waals surface area contributed by atoms with Crippen LogP contribution in [0.25, 0.3) is 23.0 Å². The molecule has 130 valence electrons. The SMILES string of the molecule is BrCc1ccn(-c2cccc(-c3cccc(-n4ccc(CBr)n4)n3)n2)n1. The van der Waals surface area contributed by atoms with E-state index < -0.39 is 0 Å². The fourth-order valence-corrected chi connectivity index (χ4v) is 3.11. The van der Waals surface area contributed by atoms with Gasteiger partial charge in [0.05, 0.1) is 22.8 Å². The minimum Gasteiger partial charge on any atom is -0.227 e. The molecule has 4 rings (SSSR count). The Morgan fingerprint density at radius 2 is 1.12 bits per heavy atom. The van der Waals surface area contributed by atoms with Gasteiger partial charge in [0.1, 0.15) is 0 Å². The number of halogens is 2. The summed E-state index contributed by atoms with van der Waals surface area (Å²) in [5, 5.41) is 10.4. The monoisotopic (exact) mass is 472 g/mol. The molecule has 26 heavy (non-hydrogen) atoms. The minimum absolute atomic E-state index is 0.712. The van der Waals surface area contributed by atoms with Gasteiger partial charge in [-0.2, -0.15) is 10.2 Å². The number of hydrogen-bond acceptors (Lipinski definition) is 4. The summed E-state index contributed by atoms with van der Waals surface area (Å²) in [6.07, 6.45) is 3.80. The van der Waals surface area contributed by atoms with E-state index in [1.807, 2.05) is 60.9 Å². The van der Waals surface area contributed by atoms with Gasteiger partial charge in [0.15, 0.2) is 11.6 Å². The number of aromatic nitrogens is 6. The highest BCUT2D eigenvalue weighted by Gasteiger charge is 2.08. The lowest BCUT2D eigenvalue weighted by Crippen LogP contribution is -2.02. The van der Waals surface area contributed by atoms with Crippen LogP contribution in [0.4, 0.5) is 0 Å². The summed E-state index contributed by atoms with van der Waals surface area (Å²) in [6, 6.07) is 15.6. The van der Waals surface area contributed by atoms with Gasteiger partial charge in [0.25, 0.3) is 0 Å². The van der Waals surface area contributed by atoms with Crippen LogP contribution in [0.1, 0.15) is 11.4 Å². The molecule has 0 aliphatic heterocycles. The van der Waals surface area contributed by atoms with Crippen LogP contribution in [0.15, 0.2) is 60.9 Å². The van der Waals surface area contributed by atoms with E-state index in [9.17, 15) is 0 Å². The van der Waals surface area contributed by atoms with Crippen molar-refractivity contribution < 1.29 is 0 Å². The van der Waals surface area contributed by atoms with E-state index >= 15 is 0 Å². The van der Waals surface area contributed by atoms with E-state index in [-0.39, 0.29) is 0 Å². The van der Waals surface area contributed by atoms with Crippen LogP contribution in [0.2, 0.25) is 0 Å². The summed E-state index contributed by atoms with van der Waals surface area (Å²) in [6.45, 7) is 0. The van der Waals surface area contributed by atoms with Crippen molar-refractivity contribution in [1.29, 1.82) is 0 Å². The normalized spacial score (nSPS) is 11.0. The lowest BCUT2D eigenvalue weighted by molar-refractivity contribution is 0.825. The fourth-order valence-electron chi connectivity index (χ4n) is 2.51. The highest BCUT2D eigenvalue weighted by molar-refractivity contribution is 9.08. The summed E-state index contributed by atoms with van der Waals surface area (Å²) in [5.74, 6) is 1.50. The van der Waals surface area contributed by atoms with Crippen LogP contribution in [0, 0.1) is 0 Å². The van der Waals surface area contributed by atoms with Crippen molar-refractivity contribution in [1.82, 2.24) is 29.5 Å². The third-order valence-corrected chi connectivity index (χ3v) is 4.91. The van der Waals surface area contributed by atoms with E-state index in [2.05, 4.69) is 42.1 Å². The van der Waals surface area contributed by atoms with Crippen molar-refractivity contribution in [2.75, 3.05) is 0 Å². The second-order valence-electron chi connectivity index (χ2n) is 5.53. The molecule has 0 N–H and O–H groups in total. The first kappa shape index (κ1) is 17.1. The molecule has 0 spiro atoms. The third kappa shape index (κ3) is 3.47. The highest BCUT2D eigenvalue weighted by Crippen LogP contribution is 2.18. The first-order valence-corrected chi connectivity index (χ1v) is 10.2. The van der Waals surface area contributed by atoms with Gasteiger partial charge in [-0.25, -0.2) is 19.3 Å². The second kappa shape index (κ2) is 7.51. The van der Waals surface area contributed by atoms with Crippen LogP contribution in [-0.4, -0.2) is 29.5 Å². The third-order valence-electron chi connectivity index (χ3n) is 3.76. The number of alkyl halides is 2. The number of hydrogen-bond donors (Lipinski definition) is 0. The molecule has 0 aliphatic rings. The largest absolute Gasteiger partial charge is 0.227 e. The molecule has 0 atom stereocenters. The van der Waals surface area contributed by atoms with E-state index in [0.717, 1.165) is 34.4 Å². The number of pyridine rings is 2. The van der Waals surface area contributed by atoms with Crippen molar-refractivity contribution in [3.05, 3.63) is 72.3 Å². The molecular weight excluding hydrogens is 460 g/mol. The van der Waals surface area contributed by atoms with Crippen molar-refractivity contribution in [3.8, 4) is 23.0 Å². The molecule has 0 unspecified atom stereocenters. The summed E-state index contributed by atoms with van der Waals surface area (Å²) >= 11 is 6.83. The van der Waals surface area contributed by atoms with Crippen LogP contribution >= 0.6 is 31.9 Å². The Morgan fingerprint density at radius 1 is 0.654 bits per heavy atom. The lowest BCUT2D eigenvalue weighted by atomic mass is 10.2. The topological polar surface area (TPSA) is 61.4 Å². The summed E-state index contributed by atoms with van der Waals surface area (Å²) in [7, 11) is 0. The predicted octanol–water partition coefficient (Wildman–Crippen LogP) is 4.30. The fraction of sp³-hybridized carbons (Fsp3) is 0.111. The van der Waals surface area contributed by atoms with Crippen LogP contribution in [-0.2, 0) is 10.7 Å². The number of rotatable bonds is 5. The summed E-state index contributed by atoms with van der Waals surface area (Å²) in [5.41, 5.74) is 3.48. The summed E-state index contributed by atoms with van der Waals surface area (Å²) < 4.78 is 3.53. The molecule has 0 radical (unpaired) electrons. The van der Waals surface area contributed by atoms with E-state index in [0.29, 0.717) is 10.7 Å². The molecule has 4 heterocycles. The van der Waals surface area contributed by atoms with Crippen LogP contribution in [0.5, 0.6) is 0 Å². The second-order valence-corrected chi connectivity index (χ2v) is 6.65. The average Bonchev–Trinajstić information content (AvgIpc) is 3.37. The Kier molecular flexibility index (Phi) is 4.94. The quantitative estimate of drug-likeness (QED) is 0.405. The maximum Gasteiger partial charge on any atom is 0.154 e. The van der Waals surface area contributed by atoms with Crippen LogP contribution in [0.3, 0.4) is 0 Å². The molecule has 0 saturated heterocycles. The molecule has 6 nitrogen and oxygen atoms in total. The zero-order valence-corrected chi connectivity index (χ0v) is 16.8. The molecule has 0 aromatic carbocycles. The van der Waals surface area contributed by atoms with Gasteiger partial charge in [-0.15, -0.1) is 0 Å². The highest BCUT2D eigenvalue weighted by atomic mass is 79.9. The maximum atomic E-state index is 4.70. The Balaban J connectivity index is 1.69. The minimum atomic E-state index is 0.712. The number of nitrogens with zero attached hydrogens (tertiary/aromatic N) is 6. The Bertz CT molecular complexity index is 956. The Labute approximate surface area is 167 Å². The van der Waals surface area contributed by atoms with Crippen molar-refractivity contribution >= 4 is 31.9 Å². The zero-order valence-electron chi connectivity index (χ0n) is 13.6. The average molecular weight is 474 g/mol. The van der Waals surface area contributed by atoms with Gasteiger partial charge >= 0.3 is 0 Å². The van der Waals surface area contributed by atoms with Gasteiger partial charge in [-0.3, -0.25) is 0 Å². The van der Waals surface area contributed by atoms with Gasteiger partial charge < -0.3 is 0 Å². The Hall–Kier alpha value is -2.32. The first-order valence-electron chi connectivity index (χ1n) is 7.93. The van der Waals surface area contributed by atoms with Gasteiger partial charge in [0.2, 0.25) is 0 Å². The van der Waals surface area contributed by atoms with Gasteiger partial charge in [0, 0.05) is 23.1 Å². The van der Waals surface area contributed by atoms with E-state index in [4.69, 9.17) is 9.97 Å². The molecule has 0 bridgehead atoms. The predicted molar refractivity (Wildman–Crippen MR) is 107 cm³/mol. The Morgan fingerprint density at radius 3 is 1.50 bits per heavy atom. The standard InChI is InChI=1S/C18H14Br2N6/c19-11-13-7-9-25(23-13)17-5-1-3-15(21-17)16-4-2-6-18(22-16)26-10-8-14(12-20)24-26/h1-10H,11-12H2. The lowest BCUT2D eigenvalue weighted by Gasteiger charge is -2.06. The van der Waals surface area contributed by atoms with Crippen molar-refractivity contribution in [3.63, 3.8) is 0 Å². The molecular formula is C18H14Br2N6.